The molecular weight excluding hydrogens is 224 g/mol. The Morgan fingerprint density at radius 3 is 2.75 bits per heavy atom. The normalized spacial score (nSPS) is 10.1. The van der Waals surface area contributed by atoms with Crippen molar-refractivity contribution in [2.24, 2.45) is 0 Å². The predicted octanol–water partition coefficient (Wildman–Crippen LogP) is 3.02. The van der Waals surface area contributed by atoms with Crippen LogP contribution in [0.3, 0.4) is 0 Å². The lowest BCUT2D eigenvalue weighted by Crippen LogP contribution is -2.00. The zero-order valence-electron chi connectivity index (χ0n) is 8.85. The van der Waals surface area contributed by atoms with Crippen molar-refractivity contribution in [3.05, 3.63) is 52.8 Å². The van der Waals surface area contributed by atoms with Crippen LogP contribution in [-0.2, 0) is 6.61 Å². The Bertz CT molecular complexity index is 471. The summed E-state index contributed by atoms with van der Waals surface area (Å²) >= 11 is 5.84. The first kappa shape index (κ1) is 10.9. The van der Waals surface area contributed by atoms with Gasteiger partial charge in [-0.2, -0.15) is 10.2 Å². The molecule has 3 nitrogen and oxygen atoms in total. The van der Waals surface area contributed by atoms with E-state index in [1.165, 1.54) is 0 Å². The quantitative estimate of drug-likeness (QED) is 0.819. The molecule has 0 N–H and O–H groups in total. The molecule has 0 bridgehead atoms. The van der Waals surface area contributed by atoms with Crippen LogP contribution in [0.25, 0.3) is 0 Å². The van der Waals surface area contributed by atoms with E-state index in [0.717, 1.165) is 17.1 Å². The van der Waals surface area contributed by atoms with Gasteiger partial charge in [-0.15, -0.1) is 0 Å². The van der Waals surface area contributed by atoms with E-state index >= 15 is 0 Å². The molecule has 0 fully saturated rings. The number of halogens is 1. The molecule has 0 atom stereocenters. The van der Waals surface area contributed by atoms with Gasteiger partial charge in [-0.3, -0.25) is 0 Å². The van der Waals surface area contributed by atoms with E-state index in [4.69, 9.17) is 16.3 Å². The third-order valence-corrected chi connectivity index (χ3v) is 2.27. The highest BCUT2D eigenvalue weighted by Gasteiger charge is 1.98. The third-order valence-electron chi connectivity index (χ3n) is 2.04. The second-order valence-electron chi connectivity index (χ2n) is 3.41. The van der Waals surface area contributed by atoms with Gasteiger partial charge in [0.1, 0.15) is 18.1 Å². The molecule has 16 heavy (non-hydrogen) atoms. The van der Waals surface area contributed by atoms with Gasteiger partial charge < -0.3 is 4.74 Å². The maximum absolute atomic E-state index is 5.84. The fraction of sp³-hybridized carbons (Fsp3) is 0.167. The summed E-state index contributed by atoms with van der Waals surface area (Å²) in [4.78, 5) is 0. The van der Waals surface area contributed by atoms with E-state index < -0.39 is 0 Å². The molecule has 0 radical (unpaired) electrons. The standard InChI is InChI=1S/C12H11ClN2O/c1-9-5-6-11(15-14-9)8-16-12-4-2-3-10(13)7-12/h2-7H,8H2,1H3. The van der Waals surface area contributed by atoms with Gasteiger partial charge in [0.2, 0.25) is 0 Å². The smallest absolute Gasteiger partial charge is 0.132 e. The molecule has 0 aliphatic carbocycles. The highest BCUT2D eigenvalue weighted by Crippen LogP contribution is 2.17. The second-order valence-corrected chi connectivity index (χ2v) is 3.85. The van der Waals surface area contributed by atoms with Crippen LogP contribution in [0, 0.1) is 6.92 Å². The van der Waals surface area contributed by atoms with Gasteiger partial charge in [0, 0.05) is 5.02 Å². The Labute approximate surface area is 99.0 Å². The molecule has 82 valence electrons. The van der Waals surface area contributed by atoms with Crippen LogP contribution in [0.1, 0.15) is 11.4 Å². The summed E-state index contributed by atoms with van der Waals surface area (Å²) in [6.45, 7) is 2.29. The van der Waals surface area contributed by atoms with Crippen LogP contribution < -0.4 is 4.74 Å². The van der Waals surface area contributed by atoms with E-state index in [9.17, 15) is 0 Å². The third kappa shape index (κ3) is 2.94. The fourth-order valence-corrected chi connectivity index (χ4v) is 1.40. The number of hydrogen-bond acceptors (Lipinski definition) is 3. The van der Waals surface area contributed by atoms with Crippen LogP contribution in [0.5, 0.6) is 5.75 Å². The predicted molar refractivity (Wildman–Crippen MR) is 62.6 cm³/mol. The molecule has 0 saturated heterocycles. The zero-order chi connectivity index (χ0) is 11.4. The van der Waals surface area contributed by atoms with Crippen molar-refractivity contribution >= 4 is 11.6 Å². The van der Waals surface area contributed by atoms with E-state index in [2.05, 4.69) is 10.2 Å². The van der Waals surface area contributed by atoms with Crippen molar-refractivity contribution in [2.45, 2.75) is 13.5 Å². The van der Waals surface area contributed by atoms with Gasteiger partial charge in [-0.05, 0) is 37.3 Å². The summed E-state index contributed by atoms with van der Waals surface area (Å²) in [6.07, 6.45) is 0. The van der Waals surface area contributed by atoms with Crippen LogP contribution in [0.4, 0.5) is 0 Å². The summed E-state index contributed by atoms with van der Waals surface area (Å²) in [7, 11) is 0. The number of aryl methyl sites for hydroxylation is 1. The van der Waals surface area contributed by atoms with E-state index in [-0.39, 0.29) is 0 Å². The average molecular weight is 235 g/mol. The van der Waals surface area contributed by atoms with Gasteiger partial charge >= 0.3 is 0 Å². The molecule has 4 heteroatoms. The summed E-state index contributed by atoms with van der Waals surface area (Å²) in [5.41, 5.74) is 1.69. The molecule has 0 unspecified atom stereocenters. The van der Waals surface area contributed by atoms with Crippen molar-refractivity contribution in [1.82, 2.24) is 10.2 Å². The minimum absolute atomic E-state index is 0.396. The number of rotatable bonds is 3. The minimum Gasteiger partial charge on any atom is -0.487 e. The Kier molecular flexibility index (Phi) is 3.37. The lowest BCUT2D eigenvalue weighted by molar-refractivity contribution is 0.300. The zero-order valence-corrected chi connectivity index (χ0v) is 9.61. The first-order chi connectivity index (χ1) is 7.74. The first-order valence-electron chi connectivity index (χ1n) is 4.91. The van der Waals surface area contributed by atoms with Gasteiger partial charge in [0.15, 0.2) is 0 Å². The number of ether oxygens (including phenoxy) is 1. The van der Waals surface area contributed by atoms with Crippen LogP contribution in [0.15, 0.2) is 36.4 Å². The highest BCUT2D eigenvalue weighted by molar-refractivity contribution is 6.30. The van der Waals surface area contributed by atoms with Crippen LogP contribution in [0.2, 0.25) is 5.02 Å². The molecule has 1 aromatic carbocycles. The first-order valence-corrected chi connectivity index (χ1v) is 5.29. The Hall–Kier alpha value is -1.61. The fourth-order valence-electron chi connectivity index (χ4n) is 1.22. The van der Waals surface area contributed by atoms with Crippen LogP contribution in [-0.4, -0.2) is 10.2 Å². The van der Waals surface area contributed by atoms with Crippen molar-refractivity contribution < 1.29 is 4.74 Å². The number of aromatic nitrogens is 2. The SMILES string of the molecule is Cc1ccc(COc2cccc(Cl)c2)nn1. The molecule has 2 aromatic rings. The van der Waals surface area contributed by atoms with Crippen molar-refractivity contribution in [3.8, 4) is 5.75 Å². The number of hydrogen-bond donors (Lipinski definition) is 0. The lowest BCUT2D eigenvalue weighted by Gasteiger charge is -2.05. The molecule has 1 aromatic heterocycles. The molecule has 0 aliphatic rings. The van der Waals surface area contributed by atoms with Crippen molar-refractivity contribution in [2.75, 3.05) is 0 Å². The topological polar surface area (TPSA) is 35.0 Å². The minimum atomic E-state index is 0.396. The van der Waals surface area contributed by atoms with Crippen molar-refractivity contribution in [1.29, 1.82) is 0 Å². The van der Waals surface area contributed by atoms with E-state index in [1.54, 1.807) is 12.1 Å². The number of benzene rings is 1. The largest absolute Gasteiger partial charge is 0.487 e. The van der Waals surface area contributed by atoms with Crippen molar-refractivity contribution in [3.63, 3.8) is 0 Å². The molecule has 0 amide bonds. The maximum atomic E-state index is 5.84. The Morgan fingerprint density at radius 2 is 2.06 bits per heavy atom. The lowest BCUT2D eigenvalue weighted by atomic mass is 10.3. The highest BCUT2D eigenvalue weighted by atomic mass is 35.5. The van der Waals surface area contributed by atoms with E-state index in [0.29, 0.717) is 11.6 Å². The number of nitrogens with zero attached hydrogens (tertiary/aromatic N) is 2. The molecular formula is C12H11ClN2O. The summed E-state index contributed by atoms with van der Waals surface area (Å²) in [5.74, 6) is 0.731. The van der Waals surface area contributed by atoms with Gasteiger partial charge in [0.25, 0.3) is 0 Å². The Balaban J connectivity index is 1.99. The summed E-state index contributed by atoms with van der Waals surface area (Å²) < 4.78 is 5.53. The van der Waals surface area contributed by atoms with Gasteiger partial charge in [-0.1, -0.05) is 17.7 Å². The monoisotopic (exact) mass is 234 g/mol. The molecule has 0 spiro atoms. The second kappa shape index (κ2) is 4.94. The maximum Gasteiger partial charge on any atom is 0.132 e. The molecule has 0 aliphatic heterocycles. The molecule has 2 rings (SSSR count). The molecule has 1 heterocycles. The average Bonchev–Trinajstić information content (AvgIpc) is 2.28. The molecule has 0 saturated carbocycles. The summed E-state index contributed by atoms with van der Waals surface area (Å²) in [6, 6.07) is 11.1. The van der Waals surface area contributed by atoms with Crippen LogP contribution >= 0.6 is 11.6 Å². The van der Waals surface area contributed by atoms with E-state index in [1.807, 2.05) is 31.2 Å². The summed E-state index contributed by atoms with van der Waals surface area (Å²) in [5, 5.41) is 8.62. The Morgan fingerprint density at radius 1 is 1.19 bits per heavy atom. The van der Waals surface area contributed by atoms with Gasteiger partial charge in [-0.25, -0.2) is 0 Å². The van der Waals surface area contributed by atoms with Gasteiger partial charge in [0.05, 0.1) is 5.69 Å².